The van der Waals surface area contributed by atoms with E-state index in [0.29, 0.717) is 31.2 Å². The number of carbonyl (C=O) groups is 2. The summed E-state index contributed by atoms with van der Waals surface area (Å²) in [5, 5.41) is 6.15. The van der Waals surface area contributed by atoms with Crippen molar-refractivity contribution >= 4 is 34.2 Å². The van der Waals surface area contributed by atoms with E-state index in [9.17, 15) is 9.59 Å². The summed E-state index contributed by atoms with van der Waals surface area (Å²) in [6.07, 6.45) is 2.99. The number of urea groups is 1. The molecule has 178 valence electrons. The van der Waals surface area contributed by atoms with Gasteiger partial charge in [0.1, 0.15) is 5.75 Å². The Morgan fingerprint density at radius 3 is 2.76 bits per heavy atom. The molecule has 0 fully saturated rings. The standard InChI is InChI=1S/C26H29N3O4S/c1-3-32-24(30)16-19-10-9-18-15-21(11-12-22(18)19)33-14-13-23-17(2)34-26(28-23)29-25(31)27-20-7-5-4-6-8-20/h4-8,11-12,15,19H,3,9-10,13-14,16H2,1-2H3,(H2,27,28,29,31). The summed E-state index contributed by atoms with van der Waals surface area (Å²) in [5.74, 6) is 0.917. The molecular weight excluding hydrogens is 450 g/mol. The average Bonchev–Trinajstić information content (AvgIpc) is 3.37. The van der Waals surface area contributed by atoms with Crippen molar-refractivity contribution in [2.45, 2.75) is 45.4 Å². The molecule has 1 heterocycles. The van der Waals surface area contributed by atoms with Crippen LogP contribution in [-0.2, 0) is 22.4 Å². The third-order valence-corrected chi connectivity index (χ3v) is 6.72. The van der Waals surface area contributed by atoms with Gasteiger partial charge in [0.05, 0.1) is 25.3 Å². The van der Waals surface area contributed by atoms with Gasteiger partial charge in [0.25, 0.3) is 0 Å². The van der Waals surface area contributed by atoms with E-state index in [1.165, 1.54) is 22.5 Å². The number of ether oxygens (including phenoxy) is 2. The van der Waals surface area contributed by atoms with E-state index in [4.69, 9.17) is 9.47 Å². The first kappa shape index (κ1) is 23.8. The van der Waals surface area contributed by atoms with Crippen LogP contribution in [0.25, 0.3) is 0 Å². The lowest BCUT2D eigenvalue weighted by molar-refractivity contribution is -0.143. The second kappa shape index (κ2) is 11.2. The van der Waals surface area contributed by atoms with Crippen molar-refractivity contribution in [3.05, 3.63) is 70.2 Å². The Balaban J connectivity index is 1.27. The molecule has 1 aromatic heterocycles. The van der Waals surface area contributed by atoms with Crippen molar-refractivity contribution in [3.8, 4) is 5.75 Å². The zero-order valence-corrected chi connectivity index (χ0v) is 20.2. The second-order valence-electron chi connectivity index (χ2n) is 8.17. The number of fused-ring (bicyclic) bond motifs is 1. The average molecular weight is 480 g/mol. The minimum atomic E-state index is -0.317. The molecule has 0 saturated heterocycles. The number of nitrogens with zero attached hydrogens (tertiary/aromatic N) is 1. The first-order valence-corrected chi connectivity index (χ1v) is 12.3. The molecule has 7 nitrogen and oxygen atoms in total. The van der Waals surface area contributed by atoms with Crippen LogP contribution < -0.4 is 15.4 Å². The third kappa shape index (κ3) is 6.14. The maximum Gasteiger partial charge on any atom is 0.325 e. The molecule has 0 spiro atoms. The summed E-state index contributed by atoms with van der Waals surface area (Å²) in [5.41, 5.74) is 4.10. The topological polar surface area (TPSA) is 89.6 Å². The van der Waals surface area contributed by atoms with Crippen LogP contribution in [0.2, 0.25) is 0 Å². The molecule has 0 radical (unpaired) electrons. The number of benzene rings is 2. The first-order chi connectivity index (χ1) is 16.5. The molecule has 2 N–H and O–H groups in total. The number of amides is 2. The van der Waals surface area contributed by atoms with Crippen LogP contribution in [0.3, 0.4) is 0 Å². The number of para-hydroxylation sites is 1. The van der Waals surface area contributed by atoms with Gasteiger partial charge in [0, 0.05) is 17.0 Å². The minimum Gasteiger partial charge on any atom is -0.493 e. The fourth-order valence-electron chi connectivity index (χ4n) is 4.16. The van der Waals surface area contributed by atoms with Gasteiger partial charge in [-0.15, -0.1) is 11.3 Å². The summed E-state index contributed by atoms with van der Waals surface area (Å²) in [6, 6.07) is 15.1. The van der Waals surface area contributed by atoms with Crippen molar-refractivity contribution in [2.24, 2.45) is 0 Å². The fourth-order valence-corrected chi connectivity index (χ4v) is 5.02. The van der Waals surface area contributed by atoms with Crippen molar-refractivity contribution in [1.82, 2.24) is 4.98 Å². The maximum absolute atomic E-state index is 12.2. The molecule has 1 aliphatic rings. The molecular formula is C26H29N3O4S. The van der Waals surface area contributed by atoms with Crippen LogP contribution in [0.1, 0.15) is 47.4 Å². The lowest BCUT2D eigenvalue weighted by Gasteiger charge is -2.12. The van der Waals surface area contributed by atoms with Gasteiger partial charge in [-0.05, 0) is 68.0 Å². The van der Waals surface area contributed by atoms with Crippen LogP contribution in [0.4, 0.5) is 15.6 Å². The van der Waals surface area contributed by atoms with E-state index in [1.54, 1.807) is 0 Å². The molecule has 0 aliphatic heterocycles. The molecule has 2 aromatic carbocycles. The van der Waals surface area contributed by atoms with Gasteiger partial charge in [-0.3, -0.25) is 10.1 Å². The highest BCUT2D eigenvalue weighted by Crippen LogP contribution is 2.37. The molecule has 3 aromatic rings. The number of thiazole rings is 1. The van der Waals surface area contributed by atoms with Crippen LogP contribution in [0, 0.1) is 6.92 Å². The van der Waals surface area contributed by atoms with Crippen LogP contribution in [0.15, 0.2) is 48.5 Å². The Kier molecular flexibility index (Phi) is 7.80. The van der Waals surface area contributed by atoms with E-state index < -0.39 is 0 Å². The highest BCUT2D eigenvalue weighted by atomic mass is 32.1. The highest BCUT2D eigenvalue weighted by Gasteiger charge is 2.25. The summed E-state index contributed by atoms with van der Waals surface area (Å²) >= 11 is 1.45. The first-order valence-electron chi connectivity index (χ1n) is 11.5. The molecule has 0 bridgehead atoms. The Bertz CT molecular complexity index is 1150. The number of esters is 1. The molecule has 1 atom stereocenters. The number of rotatable bonds is 9. The largest absolute Gasteiger partial charge is 0.493 e. The van der Waals surface area contributed by atoms with Crippen LogP contribution in [0.5, 0.6) is 5.75 Å². The number of carbonyl (C=O) groups excluding carboxylic acids is 2. The van der Waals surface area contributed by atoms with Crippen LogP contribution in [-0.4, -0.2) is 30.2 Å². The SMILES string of the molecule is CCOC(=O)CC1CCc2cc(OCCc3nc(NC(=O)Nc4ccccc4)sc3C)ccc21. The molecule has 34 heavy (non-hydrogen) atoms. The van der Waals surface area contributed by atoms with Gasteiger partial charge < -0.3 is 14.8 Å². The number of aromatic nitrogens is 1. The summed E-state index contributed by atoms with van der Waals surface area (Å²) in [7, 11) is 0. The molecule has 2 amide bonds. The van der Waals surface area contributed by atoms with E-state index in [2.05, 4.69) is 27.8 Å². The van der Waals surface area contributed by atoms with Gasteiger partial charge in [0.15, 0.2) is 5.13 Å². The minimum absolute atomic E-state index is 0.134. The monoisotopic (exact) mass is 479 g/mol. The zero-order valence-electron chi connectivity index (χ0n) is 19.4. The van der Waals surface area contributed by atoms with Gasteiger partial charge >= 0.3 is 12.0 Å². The molecule has 8 heteroatoms. The zero-order chi connectivity index (χ0) is 23.9. The maximum atomic E-state index is 12.2. The predicted octanol–water partition coefficient (Wildman–Crippen LogP) is 5.70. The Labute approximate surface area is 203 Å². The van der Waals surface area contributed by atoms with E-state index >= 15 is 0 Å². The van der Waals surface area contributed by atoms with Crippen molar-refractivity contribution in [3.63, 3.8) is 0 Å². The van der Waals surface area contributed by atoms with E-state index in [1.807, 2.05) is 50.2 Å². The van der Waals surface area contributed by atoms with E-state index in [0.717, 1.165) is 34.8 Å². The second-order valence-corrected chi connectivity index (χ2v) is 9.37. The molecule has 4 rings (SSSR count). The number of hydrogen-bond donors (Lipinski definition) is 2. The van der Waals surface area contributed by atoms with Crippen molar-refractivity contribution in [2.75, 3.05) is 23.8 Å². The normalized spacial score (nSPS) is 14.4. The number of nitrogens with one attached hydrogen (secondary N) is 2. The molecule has 1 unspecified atom stereocenters. The smallest absolute Gasteiger partial charge is 0.325 e. The number of aryl methyl sites for hydroxylation is 2. The summed E-state index contributed by atoms with van der Waals surface area (Å²) < 4.78 is 11.1. The molecule has 0 saturated carbocycles. The van der Waals surface area contributed by atoms with Gasteiger partial charge in [0.2, 0.25) is 0 Å². The Hall–Kier alpha value is -3.39. The van der Waals surface area contributed by atoms with Gasteiger partial charge in [-0.2, -0.15) is 0 Å². The number of anilines is 2. The molecule has 1 aliphatic carbocycles. The highest BCUT2D eigenvalue weighted by molar-refractivity contribution is 7.15. The summed E-state index contributed by atoms with van der Waals surface area (Å²) in [6.45, 7) is 4.73. The van der Waals surface area contributed by atoms with Crippen molar-refractivity contribution in [1.29, 1.82) is 0 Å². The fraction of sp³-hybridized carbons (Fsp3) is 0.346. The lowest BCUT2D eigenvalue weighted by atomic mass is 9.98. The van der Waals surface area contributed by atoms with Gasteiger partial charge in [-0.1, -0.05) is 24.3 Å². The predicted molar refractivity (Wildman–Crippen MR) is 134 cm³/mol. The van der Waals surface area contributed by atoms with Gasteiger partial charge in [-0.25, -0.2) is 9.78 Å². The third-order valence-electron chi connectivity index (χ3n) is 5.79. The Morgan fingerprint density at radius 2 is 1.97 bits per heavy atom. The number of hydrogen-bond acceptors (Lipinski definition) is 6. The quantitative estimate of drug-likeness (QED) is 0.384. The van der Waals surface area contributed by atoms with Crippen LogP contribution >= 0.6 is 11.3 Å². The van der Waals surface area contributed by atoms with Crippen molar-refractivity contribution < 1.29 is 19.1 Å². The lowest BCUT2D eigenvalue weighted by Crippen LogP contribution is -2.19. The summed E-state index contributed by atoms with van der Waals surface area (Å²) in [4.78, 5) is 29.7. The Morgan fingerprint density at radius 1 is 1.15 bits per heavy atom. The van der Waals surface area contributed by atoms with E-state index in [-0.39, 0.29) is 17.9 Å².